The number of aromatic nitrogens is 1. The lowest BCUT2D eigenvalue weighted by atomic mass is 10.1. The molecule has 0 saturated carbocycles. The summed E-state index contributed by atoms with van der Waals surface area (Å²) in [6, 6.07) is 2.74. The van der Waals surface area contributed by atoms with Gasteiger partial charge >= 0.3 is 0 Å². The van der Waals surface area contributed by atoms with Crippen LogP contribution in [-0.4, -0.2) is 10.1 Å². The van der Waals surface area contributed by atoms with E-state index in [1.54, 1.807) is 6.07 Å². The van der Waals surface area contributed by atoms with Gasteiger partial charge in [-0.3, -0.25) is 0 Å². The number of rotatable bonds is 2. The summed E-state index contributed by atoms with van der Waals surface area (Å²) in [4.78, 5) is 3.65. The quantitative estimate of drug-likeness (QED) is 0.831. The number of alkyl halides is 2. The van der Waals surface area contributed by atoms with E-state index in [4.69, 9.17) is 10.4 Å². The normalized spacial score (nSPS) is 10.3. The van der Waals surface area contributed by atoms with Crippen LogP contribution < -0.4 is 0 Å². The van der Waals surface area contributed by atoms with E-state index in [0.29, 0.717) is 0 Å². The molecule has 0 atom stereocenters. The van der Waals surface area contributed by atoms with Gasteiger partial charge in [0.15, 0.2) is 0 Å². The van der Waals surface area contributed by atoms with Crippen molar-refractivity contribution in [2.75, 3.05) is 0 Å². The van der Waals surface area contributed by atoms with Gasteiger partial charge in [0.25, 0.3) is 6.43 Å². The van der Waals surface area contributed by atoms with Gasteiger partial charge in [-0.25, -0.2) is 13.8 Å². The number of nitrogens with zero attached hydrogens (tertiary/aromatic N) is 2. The molecule has 1 N–H and O–H groups in total. The van der Waals surface area contributed by atoms with Crippen molar-refractivity contribution in [2.45, 2.75) is 13.0 Å². The molecule has 1 aromatic rings. The van der Waals surface area contributed by atoms with Gasteiger partial charge in [-0.05, 0) is 22.0 Å². The Balaban J connectivity index is 3.34. The van der Waals surface area contributed by atoms with Crippen LogP contribution in [0.3, 0.4) is 0 Å². The Bertz CT molecular complexity index is 390. The van der Waals surface area contributed by atoms with E-state index in [0.717, 1.165) is 6.07 Å². The molecule has 74 valence electrons. The molecule has 0 unspecified atom stereocenters. The summed E-state index contributed by atoms with van der Waals surface area (Å²) in [6.07, 6.45) is -2.75. The standard InChI is InChI=1S/C8H5BrF2N2O/c9-7-4(2-12)1-5(8(10)11)6(3-14)13-7/h1,8,14H,3H2. The van der Waals surface area contributed by atoms with Crippen molar-refractivity contribution in [1.82, 2.24) is 4.98 Å². The summed E-state index contributed by atoms with van der Waals surface area (Å²) in [5.41, 5.74) is -0.504. The van der Waals surface area contributed by atoms with E-state index in [1.807, 2.05) is 0 Å². The SMILES string of the molecule is N#Cc1cc(C(F)F)c(CO)nc1Br. The van der Waals surface area contributed by atoms with Crippen molar-refractivity contribution in [2.24, 2.45) is 0 Å². The third-order valence-electron chi connectivity index (χ3n) is 1.59. The minimum absolute atomic E-state index is 0.0255. The van der Waals surface area contributed by atoms with Gasteiger partial charge in [-0.2, -0.15) is 5.26 Å². The van der Waals surface area contributed by atoms with Crippen molar-refractivity contribution in [1.29, 1.82) is 5.26 Å². The van der Waals surface area contributed by atoms with E-state index in [1.165, 1.54) is 0 Å². The number of nitriles is 1. The minimum Gasteiger partial charge on any atom is -0.390 e. The fraction of sp³-hybridized carbons (Fsp3) is 0.250. The largest absolute Gasteiger partial charge is 0.390 e. The lowest BCUT2D eigenvalue weighted by Gasteiger charge is -2.06. The number of hydrogen-bond donors (Lipinski definition) is 1. The second-order valence-electron chi connectivity index (χ2n) is 2.43. The van der Waals surface area contributed by atoms with E-state index >= 15 is 0 Å². The fourth-order valence-corrected chi connectivity index (χ4v) is 1.35. The third kappa shape index (κ3) is 2.05. The van der Waals surface area contributed by atoms with E-state index in [2.05, 4.69) is 20.9 Å². The van der Waals surface area contributed by atoms with Gasteiger partial charge in [-0.1, -0.05) is 0 Å². The number of aliphatic hydroxyl groups excluding tert-OH is 1. The molecule has 0 amide bonds. The summed E-state index contributed by atoms with van der Waals surface area (Å²) in [5.74, 6) is 0. The predicted octanol–water partition coefficient (Wildman–Crippen LogP) is 2.15. The predicted molar refractivity (Wildman–Crippen MR) is 47.5 cm³/mol. The van der Waals surface area contributed by atoms with Gasteiger partial charge < -0.3 is 5.11 Å². The van der Waals surface area contributed by atoms with E-state index in [-0.39, 0.29) is 15.9 Å². The molecule has 0 aliphatic heterocycles. The summed E-state index contributed by atoms with van der Waals surface area (Å²) >= 11 is 2.94. The molecule has 3 nitrogen and oxygen atoms in total. The van der Waals surface area contributed by atoms with Crippen LogP contribution >= 0.6 is 15.9 Å². The fourth-order valence-electron chi connectivity index (χ4n) is 0.936. The molecule has 1 aromatic heterocycles. The summed E-state index contributed by atoms with van der Waals surface area (Å²) in [7, 11) is 0. The van der Waals surface area contributed by atoms with Crippen LogP contribution in [0.4, 0.5) is 8.78 Å². The van der Waals surface area contributed by atoms with Crippen molar-refractivity contribution in [3.8, 4) is 6.07 Å². The van der Waals surface area contributed by atoms with Crippen LogP contribution in [0.25, 0.3) is 0 Å². The first-order valence-electron chi connectivity index (χ1n) is 3.58. The van der Waals surface area contributed by atoms with E-state index < -0.39 is 18.6 Å². The minimum atomic E-state index is -2.75. The Morgan fingerprint density at radius 1 is 1.64 bits per heavy atom. The molecular formula is C8H5BrF2N2O. The maximum absolute atomic E-state index is 12.4. The first kappa shape index (κ1) is 11.0. The van der Waals surface area contributed by atoms with Crippen molar-refractivity contribution < 1.29 is 13.9 Å². The lowest BCUT2D eigenvalue weighted by molar-refractivity contribution is 0.146. The molecule has 1 rings (SSSR count). The highest BCUT2D eigenvalue weighted by molar-refractivity contribution is 9.10. The van der Waals surface area contributed by atoms with Crippen LogP contribution in [-0.2, 0) is 6.61 Å². The molecule has 0 radical (unpaired) electrons. The Hall–Kier alpha value is -1.06. The zero-order valence-corrected chi connectivity index (χ0v) is 8.42. The number of halogens is 3. The summed E-state index contributed by atoms with van der Waals surface area (Å²) in [5, 5.41) is 17.3. The molecule has 0 saturated heterocycles. The van der Waals surface area contributed by atoms with Gasteiger partial charge in [0.2, 0.25) is 0 Å². The zero-order valence-electron chi connectivity index (χ0n) is 6.84. The number of aliphatic hydroxyl groups is 1. The molecule has 14 heavy (non-hydrogen) atoms. The monoisotopic (exact) mass is 262 g/mol. The second kappa shape index (κ2) is 4.44. The highest BCUT2D eigenvalue weighted by atomic mass is 79.9. The third-order valence-corrected chi connectivity index (χ3v) is 2.20. The van der Waals surface area contributed by atoms with Crippen molar-refractivity contribution >= 4 is 15.9 Å². The topological polar surface area (TPSA) is 56.9 Å². The molecular weight excluding hydrogens is 258 g/mol. The van der Waals surface area contributed by atoms with Gasteiger partial charge in [-0.15, -0.1) is 0 Å². The van der Waals surface area contributed by atoms with Crippen molar-refractivity contribution in [3.05, 3.63) is 27.5 Å². The number of pyridine rings is 1. The number of hydrogen-bond acceptors (Lipinski definition) is 3. The maximum Gasteiger partial charge on any atom is 0.265 e. The lowest BCUT2D eigenvalue weighted by Crippen LogP contribution is -2.00. The smallest absolute Gasteiger partial charge is 0.265 e. The Morgan fingerprint density at radius 3 is 2.71 bits per heavy atom. The Kier molecular flexibility index (Phi) is 3.49. The molecule has 0 aromatic carbocycles. The van der Waals surface area contributed by atoms with Gasteiger partial charge in [0, 0.05) is 5.56 Å². The van der Waals surface area contributed by atoms with E-state index in [9.17, 15) is 8.78 Å². The summed E-state index contributed by atoms with van der Waals surface area (Å²) < 4.78 is 24.9. The maximum atomic E-state index is 12.4. The highest BCUT2D eigenvalue weighted by Crippen LogP contribution is 2.26. The zero-order chi connectivity index (χ0) is 10.7. The van der Waals surface area contributed by atoms with Crippen LogP contribution in [0.2, 0.25) is 0 Å². The van der Waals surface area contributed by atoms with Gasteiger partial charge in [0.05, 0.1) is 17.9 Å². The molecule has 0 aliphatic carbocycles. The molecule has 0 fully saturated rings. The van der Waals surface area contributed by atoms with Crippen LogP contribution in [0.15, 0.2) is 10.7 Å². The second-order valence-corrected chi connectivity index (χ2v) is 3.18. The molecule has 0 aliphatic rings. The molecule has 1 heterocycles. The van der Waals surface area contributed by atoms with Crippen LogP contribution in [0, 0.1) is 11.3 Å². The summed E-state index contributed by atoms with van der Waals surface area (Å²) in [6.45, 7) is -0.579. The Morgan fingerprint density at radius 2 is 2.29 bits per heavy atom. The molecule has 6 heteroatoms. The average molecular weight is 263 g/mol. The van der Waals surface area contributed by atoms with Crippen molar-refractivity contribution in [3.63, 3.8) is 0 Å². The first-order valence-corrected chi connectivity index (χ1v) is 4.38. The van der Waals surface area contributed by atoms with Gasteiger partial charge in [0.1, 0.15) is 10.7 Å². The molecule has 0 bridgehead atoms. The first-order chi connectivity index (χ1) is 6.60. The Labute approximate surface area is 87.1 Å². The average Bonchev–Trinajstić information content (AvgIpc) is 2.16. The van der Waals surface area contributed by atoms with Crippen LogP contribution in [0.1, 0.15) is 23.2 Å². The van der Waals surface area contributed by atoms with Crippen LogP contribution in [0.5, 0.6) is 0 Å². The highest BCUT2D eigenvalue weighted by Gasteiger charge is 2.16. The molecule has 0 spiro atoms.